The molecule has 0 radical (unpaired) electrons. The largest absolute Gasteiger partial charge is 0.337 e. The van der Waals surface area contributed by atoms with Crippen LogP contribution in [-0.2, 0) is 16.6 Å². The van der Waals surface area contributed by atoms with Crippen molar-refractivity contribution in [2.24, 2.45) is 5.92 Å². The number of rotatable bonds is 4. The summed E-state index contributed by atoms with van der Waals surface area (Å²) >= 11 is 0. The normalized spacial score (nSPS) is 23.8. The Kier molecular flexibility index (Phi) is 5.48. The Morgan fingerprint density at radius 3 is 2.56 bits per heavy atom. The average molecular weight is 369 g/mol. The van der Waals surface area contributed by atoms with Gasteiger partial charge in [-0.2, -0.15) is 4.31 Å². The maximum absolute atomic E-state index is 12.7. The topological polar surface area (TPSA) is 75.5 Å². The summed E-state index contributed by atoms with van der Waals surface area (Å²) in [5.41, 5.74) is 0.636. The molecule has 2 aliphatic rings. The maximum atomic E-state index is 12.7. The number of sulfonamides is 1. The molecule has 1 aromatic heterocycles. The predicted octanol–water partition coefficient (Wildman–Crippen LogP) is 1.57. The lowest BCUT2D eigenvalue weighted by Crippen LogP contribution is -2.50. The van der Waals surface area contributed by atoms with Gasteiger partial charge in [-0.1, -0.05) is 6.42 Å². The zero-order chi connectivity index (χ0) is 18.0. The molecule has 0 bridgehead atoms. The van der Waals surface area contributed by atoms with Crippen molar-refractivity contribution in [2.75, 3.05) is 25.9 Å². The van der Waals surface area contributed by atoms with E-state index in [2.05, 4.69) is 4.98 Å². The first-order valence-corrected chi connectivity index (χ1v) is 11.0. The van der Waals surface area contributed by atoms with Crippen LogP contribution in [0.15, 0.2) is 12.5 Å². The number of aromatic nitrogens is 2. The Morgan fingerprint density at radius 1 is 1.20 bits per heavy atom. The highest BCUT2D eigenvalue weighted by Gasteiger charge is 2.37. The second-order valence-electron chi connectivity index (χ2n) is 7.13. The Morgan fingerprint density at radius 2 is 1.92 bits per heavy atom. The number of piperidine rings is 2. The first-order valence-electron chi connectivity index (χ1n) is 9.18. The molecule has 0 N–H and O–H groups in total. The number of hydrogen-bond donors (Lipinski definition) is 0. The summed E-state index contributed by atoms with van der Waals surface area (Å²) in [5, 5.41) is 0. The highest BCUT2D eigenvalue weighted by atomic mass is 32.2. The van der Waals surface area contributed by atoms with Crippen LogP contribution in [-0.4, -0.2) is 65.0 Å². The van der Waals surface area contributed by atoms with Crippen LogP contribution >= 0.6 is 0 Å². The molecule has 2 aliphatic heterocycles. The van der Waals surface area contributed by atoms with Gasteiger partial charge in [0, 0.05) is 32.2 Å². The third-order valence-electron chi connectivity index (χ3n) is 5.57. The predicted molar refractivity (Wildman–Crippen MR) is 95.7 cm³/mol. The summed E-state index contributed by atoms with van der Waals surface area (Å²) in [6.07, 6.45) is 9.33. The standard InChI is InChI=1S/C17H28N4O3S/c1-3-19-13-18-12-16(19)17(22)20-10-7-14(8-11-20)15-6-4-5-9-21(15)25(2,23)24/h12-15H,3-11H2,1-2H3/t15-/m0/s1. The van der Waals surface area contributed by atoms with Gasteiger partial charge in [0.2, 0.25) is 10.0 Å². The number of carbonyl (C=O) groups excluding carboxylic acids is 1. The molecule has 1 amide bonds. The fraction of sp³-hybridized carbons (Fsp3) is 0.765. The number of aryl methyl sites for hydroxylation is 1. The second kappa shape index (κ2) is 7.45. The minimum absolute atomic E-state index is 0.0291. The summed E-state index contributed by atoms with van der Waals surface area (Å²) < 4.78 is 27.7. The Hall–Kier alpha value is -1.41. The average Bonchev–Trinajstić information content (AvgIpc) is 3.09. The van der Waals surface area contributed by atoms with Crippen molar-refractivity contribution in [3.63, 3.8) is 0 Å². The van der Waals surface area contributed by atoms with Gasteiger partial charge in [-0.25, -0.2) is 13.4 Å². The van der Waals surface area contributed by atoms with Gasteiger partial charge in [-0.15, -0.1) is 0 Å². The highest BCUT2D eigenvalue weighted by molar-refractivity contribution is 7.88. The molecule has 3 heterocycles. The van der Waals surface area contributed by atoms with E-state index >= 15 is 0 Å². The van der Waals surface area contributed by atoms with Gasteiger partial charge in [-0.3, -0.25) is 4.79 Å². The van der Waals surface area contributed by atoms with Crippen LogP contribution in [0, 0.1) is 5.92 Å². The van der Waals surface area contributed by atoms with Gasteiger partial charge in [-0.05, 0) is 38.5 Å². The Labute approximate surface area is 150 Å². The van der Waals surface area contributed by atoms with Crippen LogP contribution in [0.1, 0.15) is 49.5 Å². The van der Waals surface area contributed by atoms with Gasteiger partial charge in [0.25, 0.3) is 5.91 Å². The zero-order valence-electron chi connectivity index (χ0n) is 15.1. The molecule has 2 saturated heterocycles. The van der Waals surface area contributed by atoms with E-state index in [0.29, 0.717) is 31.2 Å². The first-order chi connectivity index (χ1) is 11.9. The molecule has 140 valence electrons. The van der Waals surface area contributed by atoms with E-state index in [0.717, 1.165) is 38.6 Å². The summed E-state index contributed by atoms with van der Waals surface area (Å²) in [6, 6.07) is 0.0992. The maximum Gasteiger partial charge on any atom is 0.272 e. The molecule has 0 aliphatic carbocycles. The molecule has 2 fully saturated rings. The van der Waals surface area contributed by atoms with E-state index in [1.54, 1.807) is 16.8 Å². The van der Waals surface area contributed by atoms with Gasteiger partial charge in [0.1, 0.15) is 5.69 Å². The first kappa shape index (κ1) is 18.4. The van der Waals surface area contributed by atoms with Crippen LogP contribution in [0.3, 0.4) is 0 Å². The van der Waals surface area contributed by atoms with Crippen molar-refractivity contribution in [2.45, 2.75) is 51.6 Å². The lowest BCUT2D eigenvalue weighted by atomic mass is 9.85. The minimum Gasteiger partial charge on any atom is -0.337 e. The van der Waals surface area contributed by atoms with Crippen molar-refractivity contribution in [1.29, 1.82) is 0 Å². The van der Waals surface area contributed by atoms with E-state index in [-0.39, 0.29) is 11.9 Å². The smallest absolute Gasteiger partial charge is 0.272 e. The van der Waals surface area contributed by atoms with Crippen LogP contribution in [0.5, 0.6) is 0 Å². The minimum atomic E-state index is -3.16. The van der Waals surface area contributed by atoms with Crippen molar-refractivity contribution in [1.82, 2.24) is 18.8 Å². The summed E-state index contributed by atoms with van der Waals surface area (Å²) in [7, 11) is -3.16. The lowest BCUT2D eigenvalue weighted by molar-refractivity contribution is 0.0610. The van der Waals surface area contributed by atoms with Crippen LogP contribution in [0.2, 0.25) is 0 Å². The van der Waals surface area contributed by atoms with Crippen molar-refractivity contribution in [3.05, 3.63) is 18.2 Å². The van der Waals surface area contributed by atoms with E-state index in [1.165, 1.54) is 6.26 Å². The van der Waals surface area contributed by atoms with Crippen LogP contribution < -0.4 is 0 Å². The van der Waals surface area contributed by atoms with Crippen molar-refractivity contribution in [3.8, 4) is 0 Å². The van der Waals surface area contributed by atoms with Crippen LogP contribution in [0.25, 0.3) is 0 Å². The third-order valence-corrected chi connectivity index (χ3v) is 6.87. The molecule has 1 atom stereocenters. The molecular weight excluding hydrogens is 340 g/mol. The van der Waals surface area contributed by atoms with E-state index in [1.807, 2.05) is 16.4 Å². The summed E-state index contributed by atoms with van der Waals surface area (Å²) in [5.74, 6) is 0.372. The molecular formula is C17H28N4O3S. The molecule has 1 aromatic rings. The monoisotopic (exact) mass is 368 g/mol. The van der Waals surface area contributed by atoms with E-state index in [4.69, 9.17) is 0 Å². The molecule has 0 saturated carbocycles. The third kappa shape index (κ3) is 3.89. The molecule has 0 aromatic carbocycles. The summed E-state index contributed by atoms with van der Waals surface area (Å²) in [6.45, 7) is 4.73. The Bertz CT molecular complexity index is 707. The fourth-order valence-electron chi connectivity index (χ4n) is 4.21. The number of nitrogens with zero attached hydrogens (tertiary/aromatic N) is 4. The second-order valence-corrected chi connectivity index (χ2v) is 9.07. The van der Waals surface area contributed by atoms with Gasteiger partial charge in [0.15, 0.2) is 0 Å². The number of amides is 1. The highest BCUT2D eigenvalue weighted by Crippen LogP contribution is 2.32. The van der Waals surface area contributed by atoms with Gasteiger partial charge in [0.05, 0.1) is 18.8 Å². The Balaban J connectivity index is 1.64. The fourth-order valence-corrected chi connectivity index (χ4v) is 5.44. The molecule has 0 spiro atoms. The van der Waals surface area contributed by atoms with E-state index in [9.17, 15) is 13.2 Å². The number of likely N-dealkylation sites (tertiary alicyclic amines) is 1. The van der Waals surface area contributed by atoms with E-state index < -0.39 is 10.0 Å². The number of imidazole rings is 1. The molecule has 3 rings (SSSR count). The molecule has 25 heavy (non-hydrogen) atoms. The lowest BCUT2D eigenvalue weighted by Gasteiger charge is -2.42. The molecule has 0 unspecified atom stereocenters. The van der Waals surface area contributed by atoms with Crippen molar-refractivity contribution >= 4 is 15.9 Å². The molecule has 8 heteroatoms. The van der Waals surface area contributed by atoms with Gasteiger partial charge >= 0.3 is 0 Å². The number of hydrogen-bond acceptors (Lipinski definition) is 4. The van der Waals surface area contributed by atoms with Crippen molar-refractivity contribution < 1.29 is 13.2 Å². The number of carbonyl (C=O) groups is 1. The molecule has 7 nitrogen and oxygen atoms in total. The quantitative estimate of drug-likeness (QED) is 0.808. The van der Waals surface area contributed by atoms with Gasteiger partial charge < -0.3 is 9.47 Å². The SMILES string of the molecule is CCn1cncc1C(=O)N1CCC([C@@H]2CCCCN2S(C)(=O)=O)CC1. The van der Waals surface area contributed by atoms with Crippen LogP contribution in [0.4, 0.5) is 0 Å². The zero-order valence-corrected chi connectivity index (χ0v) is 15.9. The summed E-state index contributed by atoms with van der Waals surface area (Å²) in [4.78, 5) is 18.7.